The van der Waals surface area contributed by atoms with Gasteiger partial charge in [0.1, 0.15) is 17.3 Å². The maximum Gasteiger partial charge on any atom is 0.433 e. The molecule has 0 bridgehead atoms. The van der Waals surface area contributed by atoms with Gasteiger partial charge in [-0.1, -0.05) is 6.07 Å². The molecule has 94 valence electrons. The molecule has 18 heavy (non-hydrogen) atoms. The summed E-state index contributed by atoms with van der Waals surface area (Å²) >= 11 is 0. The molecule has 6 heteroatoms. The highest BCUT2D eigenvalue weighted by Crippen LogP contribution is 2.32. The number of pyridine rings is 1. The Hall–Kier alpha value is -1.98. The van der Waals surface area contributed by atoms with Gasteiger partial charge in [0.2, 0.25) is 0 Å². The number of hydrogen-bond donors (Lipinski definition) is 0. The van der Waals surface area contributed by atoms with Gasteiger partial charge in [-0.3, -0.25) is 4.98 Å². The van der Waals surface area contributed by atoms with E-state index in [4.69, 9.17) is 0 Å². The Bertz CT molecular complexity index is 557. The Labute approximate surface area is 98.9 Å². The Morgan fingerprint density at radius 1 is 0.944 bits per heavy atom. The van der Waals surface area contributed by atoms with Crippen LogP contribution in [0.15, 0.2) is 36.5 Å². The molecule has 0 N–H and O–H groups in total. The molecule has 1 nitrogen and oxygen atoms in total. The van der Waals surface area contributed by atoms with Crippen LogP contribution in [-0.4, -0.2) is 4.98 Å². The quantitative estimate of drug-likeness (QED) is 0.704. The zero-order chi connectivity index (χ0) is 13.3. The van der Waals surface area contributed by atoms with Gasteiger partial charge >= 0.3 is 6.18 Å². The first kappa shape index (κ1) is 12.5. The van der Waals surface area contributed by atoms with E-state index in [1.54, 1.807) is 0 Å². The van der Waals surface area contributed by atoms with Gasteiger partial charge in [-0.2, -0.15) is 13.2 Å². The van der Waals surface area contributed by atoms with E-state index in [-0.39, 0.29) is 5.56 Å². The van der Waals surface area contributed by atoms with Crippen LogP contribution < -0.4 is 0 Å². The number of alkyl halides is 3. The van der Waals surface area contributed by atoms with E-state index in [1.165, 1.54) is 0 Å². The summed E-state index contributed by atoms with van der Waals surface area (Å²) in [6.45, 7) is 0. The van der Waals surface area contributed by atoms with Crippen LogP contribution in [0.3, 0.4) is 0 Å². The highest BCUT2D eigenvalue weighted by molar-refractivity contribution is 5.64. The van der Waals surface area contributed by atoms with Crippen LogP contribution in [0.25, 0.3) is 11.1 Å². The minimum Gasteiger partial charge on any atom is -0.252 e. The highest BCUT2D eigenvalue weighted by atomic mass is 19.4. The van der Waals surface area contributed by atoms with Crippen LogP contribution in [0.2, 0.25) is 0 Å². The van der Waals surface area contributed by atoms with Gasteiger partial charge in [0, 0.05) is 6.20 Å². The topological polar surface area (TPSA) is 12.9 Å². The lowest BCUT2D eigenvalue weighted by atomic mass is 10.0. The summed E-state index contributed by atoms with van der Waals surface area (Å²) in [7, 11) is 0. The Kier molecular flexibility index (Phi) is 3.02. The molecule has 1 aromatic heterocycles. The largest absolute Gasteiger partial charge is 0.433 e. The van der Waals surface area contributed by atoms with E-state index in [9.17, 15) is 22.0 Å². The smallest absolute Gasteiger partial charge is 0.252 e. The molecule has 0 aliphatic heterocycles. The average Bonchev–Trinajstić information content (AvgIpc) is 2.28. The first-order valence-corrected chi connectivity index (χ1v) is 4.87. The molecule has 0 saturated heterocycles. The number of hydrogen-bond acceptors (Lipinski definition) is 1. The fourth-order valence-electron chi connectivity index (χ4n) is 1.51. The zero-order valence-electron chi connectivity index (χ0n) is 8.80. The Morgan fingerprint density at radius 2 is 1.56 bits per heavy atom. The third kappa shape index (κ3) is 2.32. The third-order valence-corrected chi connectivity index (χ3v) is 2.30. The van der Waals surface area contributed by atoms with Crippen LogP contribution in [0.4, 0.5) is 22.0 Å². The number of benzene rings is 1. The van der Waals surface area contributed by atoms with Crippen molar-refractivity contribution in [2.75, 3.05) is 0 Å². The number of nitrogens with zero attached hydrogens (tertiary/aromatic N) is 1. The Morgan fingerprint density at radius 3 is 2.11 bits per heavy atom. The van der Waals surface area contributed by atoms with Crippen molar-refractivity contribution in [3.05, 3.63) is 53.9 Å². The van der Waals surface area contributed by atoms with Gasteiger partial charge in [0.25, 0.3) is 0 Å². The van der Waals surface area contributed by atoms with Crippen molar-refractivity contribution in [1.29, 1.82) is 0 Å². The summed E-state index contributed by atoms with van der Waals surface area (Å²) in [5.74, 6) is -1.84. The third-order valence-electron chi connectivity index (χ3n) is 2.30. The van der Waals surface area contributed by atoms with Crippen molar-refractivity contribution in [2.24, 2.45) is 0 Å². The second kappa shape index (κ2) is 4.36. The molecule has 2 rings (SSSR count). The fraction of sp³-hybridized carbons (Fsp3) is 0.0833. The van der Waals surface area contributed by atoms with E-state index >= 15 is 0 Å². The van der Waals surface area contributed by atoms with E-state index < -0.39 is 29.1 Å². The van der Waals surface area contributed by atoms with Crippen molar-refractivity contribution in [3.8, 4) is 11.1 Å². The molecule has 0 atom stereocenters. The lowest BCUT2D eigenvalue weighted by Gasteiger charge is -2.09. The van der Waals surface area contributed by atoms with Crippen molar-refractivity contribution < 1.29 is 22.0 Å². The van der Waals surface area contributed by atoms with Crippen LogP contribution in [0.5, 0.6) is 0 Å². The standard InChI is InChI=1S/C12H6F5N/c13-8-2-1-3-9(14)11(8)7-4-5-18-10(6-7)12(15,16)17/h1-6H. The van der Waals surface area contributed by atoms with Crippen molar-refractivity contribution >= 4 is 0 Å². The molecule has 1 heterocycles. The number of aromatic nitrogens is 1. The monoisotopic (exact) mass is 259 g/mol. The number of rotatable bonds is 1. The summed E-state index contributed by atoms with van der Waals surface area (Å²) in [4.78, 5) is 3.13. The maximum atomic E-state index is 13.4. The molecule has 0 spiro atoms. The molecule has 0 radical (unpaired) electrons. The molecule has 0 aliphatic carbocycles. The van der Waals surface area contributed by atoms with Gasteiger partial charge in [0.05, 0.1) is 5.56 Å². The molecule has 0 aliphatic rings. The van der Waals surface area contributed by atoms with Crippen LogP contribution in [-0.2, 0) is 6.18 Å². The lowest BCUT2D eigenvalue weighted by Crippen LogP contribution is -2.07. The van der Waals surface area contributed by atoms with E-state index in [2.05, 4.69) is 4.98 Å². The van der Waals surface area contributed by atoms with E-state index in [0.29, 0.717) is 6.07 Å². The normalized spacial score (nSPS) is 11.6. The van der Waals surface area contributed by atoms with Gasteiger partial charge in [0.15, 0.2) is 0 Å². The van der Waals surface area contributed by atoms with Gasteiger partial charge in [-0.15, -0.1) is 0 Å². The van der Waals surface area contributed by atoms with Crippen molar-refractivity contribution in [1.82, 2.24) is 4.98 Å². The average molecular weight is 259 g/mol. The van der Waals surface area contributed by atoms with Crippen LogP contribution in [0, 0.1) is 11.6 Å². The first-order chi connectivity index (χ1) is 8.39. The summed E-state index contributed by atoms with van der Waals surface area (Å²) in [6, 6.07) is 4.83. The van der Waals surface area contributed by atoms with Crippen molar-refractivity contribution in [3.63, 3.8) is 0 Å². The highest BCUT2D eigenvalue weighted by Gasteiger charge is 2.32. The second-order valence-corrected chi connectivity index (χ2v) is 3.52. The van der Waals surface area contributed by atoms with Crippen LogP contribution in [0.1, 0.15) is 5.69 Å². The molecular formula is C12H6F5N. The SMILES string of the molecule is Fc1cccc(F)c1-c1ccnc(C(F)(F)F)c1. The summed E-state index contributed by atoms with van der Waals surface area (Å²) in [6.07, 6.45) is -3.79. The number of halogens is 5. The molecular weight excluding hydrogens is 253 g/mol. The molecule has 2 aromatic rings. The van der Waals surface area contributed by atoms with Crippen molar-refractivity contribution in [2.45, 2.75) is 6.18 Å². The maximum absolute atomic E-state index is 13.4. The molecule has 0 amide bonds. The zero-order valence-corrected chi connectivity index (χ0v) is 8.80. The minimum absolute atomic E-state index is 0.201. The van der Waals surface area contributed by atoms with Crippen LogP contribution >= 0.6 is 0 Å². The summed E-state index contributed by atoms with van der Waals surface area (Å²) in [5.41, 5.74) is -1.89. The predicted molar refractivity (Wildman–Crippen MR) is 54.6 cm³/mol. The predicted octanol–water partition coefficient (Wildman–Crippen LogP) is 4.05. The van der Waals surface area contributed by atoms with Gasteiger partial charge in [-0.25, -0.2) is 8.78 Å². The van der Waals surface area contributed by atoms with E-state index in [1.807, 2.05) is 0 Å². The summed E-state index contributed by atoms with van der Waals surface area (Å²) < 4.78 is 64.1. The Balaban J connectivity index is 2.59. The summed E-state index contributed by atoms with van der Waals surface area (Å²) in [5, 5.41) is 0. The minimum atomic E-state index is -4.66. The lowest BCUT2D eigenvalue weighted by molar-refractivity contribution is -0.141. The molecule has 0 unspecified atom stereocenters. The molecule has 0 fully saturated rings. The second-order valence-electron chi connectivity index (χ2n) is 3.52. The van der Waals surface area contributed by atoms with Gasteiger partial charge in [-0.05, 0) is 29.8 Å². The molecule has 1 aromatic carbocycles. The van der Waals surface area contributed by atoms with E-state index in [0.717, 1.165) is 30.5 Å². The first-order valence-electron chi connectivity index (χ1n) is 4.87. The van der Waals surface area contributed by atoms with Gasteiger partial charge < -0.3 is 0 Å². The molecule has 0 saturated carbocycles. The fourth-order valence-corrected chi connectivity index (χ4v) is 1.51.